The van der Waals surface area contributed by atoms with Crippen LogP contribution < -0.4 is 10.5 Å². The first-order chi connectivity index (χ1) is 13.5. The summed E-state index contributed by atoms with van der Waals surface area (Å²) in [5.74, 6) is -0.130. The van der Waals surface area contributed by atoms with Crippen molar-refractivity contribution in [1.29, 1.82) is 0 Å². The van der Waals surface area contributed by atoms with E-state index in [-0.39, 0.29) is 30.0 Å². The van der Waals surface area contributed by atoms with E-state index >= 15 is 0 Å². The third-order valence-electron chi connectivity index (χ3n) is 5.74. The molecule has 0 spiro atoms. The number of carbonyl (C=O) groups excluding carboxylic acids is 2. The number of benzene rings is 1. The molecule has 4 rings (SSSR count). The molecular formula is C21H24N4O3. The third kappa shape index (κ3) is 3.21. The van der Waals surface area contributed by atoms with Gasteiger partial charge in [-0.25, -0.2) is 4.98 Å². The second kappa shape index (κ2) is 7.22. The van der Waals surface area contributed by atoms with Crippen LogP contribution in [0.5, 0.6) is 0 Å². The zero-order valence-electron chi connectivity index (χ0n) is 16.2. The number of amides is 2. The van der Waals surface area contributed by atoms with Crippen molar-refractivity contribution in [3.05, 3.63) is 57.8 Å². The largest absolute Gasteiger partial charge is 0.337 e. The molecule has 28 heavy (non-hydrogen) atoms. The van der Waals surface area contributed by atoms with Crippen molar-refractivity contribution in [2.75, 3.05) is 11.4 Å². The molecule has 0 aliphatic carbocycles. The van der Waals surface area contributed by atoms with Gasteiger partial charge in [-0.15, -0.1) is 0 Å². The van der Waals surface area contributed by atoms with Gasteiger partial charge >= 0.3 is 0 Å². The average molecular weight is 380 g/mol. The Balaban J connectivity index is 1.60. The van der Waals surface area contributed by atoms with E-state index in [1.807, 2.05) is 30.0 Å². The molecule has 0 saturated heterocycles. The third-order valence-corrected chi connectivity index (χ3v) is 5.74. The minimum absolute atomic E-state index is 0.0236. The Hall–Kier alpha value is -2.96. The lowest BCUT2D eigenvalue weighted by Crippen LogP contribution is -2.45. The van der Waals surface area contributed by atoms with E-state index in [1.54, 1.807) is 4.90 Å². The molecule has 2 aliphatic rings. The number of para-hydroxylation sites is 1. The Morgan fingerprint density at radius 3 is 2.79 bits per heavy atom. The van der Waals surface area contributed by atoms with E-state index in [2.05, 4.69) is 11.1 Å². The lowest BCUT2D eigenvalue weighted by Gasteiger charge is -2.35. The van der Waals surface area contributed by atoms with Gasteiger partial charge in [-0.05, 0) is 37.8 Å². The average Bonchev–Trinajstić information content (AvgIpc) is 2.69. The summed E-state index contributed by atoms with van der Waals surface area (Å²) in [4.78, 5) is 45.4. The fraction of sp³-hybridized carbons (Fsp3) is 0.429. The summed E-state index contributed by atoms with van der Waals surface area (Å²) in [5, 5.41) is 0. The van der Waals surface area contributed by atoms with Crippen molar-refractivity contribution in [2.45, 2.75) is 52.2 Å². The first kappa shape index (κ1) is 18.4. The number of aryl methyl sites for hydroxylation is 1. The maximum absolute atomic E-state index is 13.1. The molecule has 2 aliphatic heterocycles. The van der Waals surface area contributed by atoms with Crippen LogP contribution in [-0.4, -0.2) is 38.9 Å². The predicted molar refractivity (Wildman–Crippen MR) is 105 cm³/mol. The molecule has 7 heteroatoms. The number of anilines is 1. The Labute approximate surface area is 163 Å². The lowest BCUT2D eigenvalue weighted by molar-refractivity contribution is -0.129. The zero-order valence-corrected chi connectivity index (χ0v) is 16.2. The highest BCUT2D eigenvalue weighted by Crippen LogP contribution is 2.30. The van der Waals surface area contributed by atoms with Crippen LogP contribution in [0.2, 0.25) is 0 Å². The Bertz CT molecular complexity index is 997. The second-order valence-corrected chi connectivity index (χ2v) is 7.57. The van der Waals surface area contributed by atoms with Crippen LogP contribution in [0.4, 0.5) is 5.69 Å². The molecule has 0 bridgehead atoms. The Morgan fingerprint density at radius 2 is 2.00 bits per heavy atom. The van der Waals surface area contributed by atoms with Crippen LogP contribution in [0.15, 0.2) is 35.4 Å². The monoisotopic (exact) mass is 380 g/mol. The maximum atomic E-state index is 13.1. The summed E-state index contributed by atoms with van der Waals surface area (Å²) >= 11 is 0. The predicted octanol–water partition coefficient (Wildman–Crippen LogP) is 1.52. The van der Waals surface area contributed by atoms with Crippen molar-refractivity contribution < 1.29 is 9.59 Å². The molecule has 7 nitrogen and oxygen atoms in total. The zero-order chi connectivity index (χ0) is 19.8. The van der Waals surface area contributed by atoms with Crippen molar-refractivity contribution in [3.8, 4) is 0 Å². The minimum Gasteiger partial charge on any atom is -0.337 e. The molecule has 1 atom stereocenters. The first-order valence-corrected chi connectivity index (χ1v) is 9.68. The van der Waals surface area contributed by atoms with Gasteiger partial charge < -0.3 is 9.80 Å². The van der Waals surface area contributed by atoms with Gasteiger partial charge in [0.25, 0.3) is 5.56 Å². The smallest absolute Gasteiger partial charge is 0.257 e. The van der Waals surface area contributed by atoms with Crippen LogP contribution in [0.25, 0.3) is 0 Å². The molecule has 0 N–H and O–H groups in total. The summed E-state index contributed by atoms with van der Waals surface area (Å²) in [6, 6.07) is 8.03. The van der Waals surface area contributed by atoms with Crippen molar-refractivity contribution in [2.24, 2.45) is 0 Å². The van der Waals surface area contributed by atoms with E-state index in [0.29, 0.717) is 30.8 Å². The second-order valence-electron chi connectivity index (χ2n) is 7.57. The topological polar surface area (TPSA) is 75.5 Å². The van der Waals surface area contributed by atoms with Gasteiger partial charge in [0.05, 0.1) is 18.6 Å². The van der Waals surface area contributed by atoms with Crippen molar-refractivity contribution >= 4 is 17.5 Å². The molecule has 0 saturated carbocycles. The van der Waals surface area contributed by atoms with Gasteiger partial charge in [-0.3, -0.25) is 19.0 Å². The molecule has 2 aromatic rings. The normalized spacial score (nSPS) is 18.4. The number of rotatable bonds is 2. The van der Waals surface area contributed by atoms with E-state index in [4.69, 9.17) is 0 Å². The number of hydrogen-bond acceptors (Lipinski definition) is 4. The van der Waals surface area contributed by atoms with Crippen molar-refractivity contribution in [3.63, 3.8) is 0 Å². The van der Waals surface area contributed by atoms with Gasteiger partial charge in [-0.2, -0.15) is 0 Å². The van der Waals surface area contributed by atoms with Gasteiger partial charge in [0.2, 0.25) is 11.8 Å². The quantitative estimate of drug-likeness (QED) is 0.792. The summed E-state index contributed by atoms with van der Waals surface area (Å²) in [6.07, 6.45) is 3.76. The van der Waals surface area contributed by atoms with Crippen molar-refractivity contribution in [1.82, 2.24) is 14.5 Å². The van der Waals surface area contributed by atoms with E-state index in [9.17, 15) is 14.4 Å². The highest BCUT2D eigenvalue weighted by Gasteiger charge is 2.29. The fourth-order valence-electron chi connectivity index (χ4n) is 4.13. The molecule has 0 unspecified atom stereocenters. The number of nitrogens with zero attached hydrogens (tertiary/aromatic N) is 4. The van der Waals surface area contributed by atoms with Gasteiger partial charge in [0, 0.05) is 30.8 Å². The van der Waals surface area contributed by atoms with Crippen LogP contribution in [0, 0.1) is 0 Å². The number of aromatic nitrogens is 2. The highest BCUT2D eigenvalue weighted by molar-refractivity contribution is 5.95. The molecule has 0 fully saturated rings. The Kier molecular flexibility index (Phi) is 4.75. The number of fused-ring (bicyclic) bond motifs is 2. The van der Waals surface area contributed by atoms with E-state index in [1.165, 1.54) is 17.8 Å². The fourth-order valence-corrected chi connectivity index (χ4v) is 4.13. The standard InChI is InChI=1S/C21H24N4O3/c1-14-7-8-16-5-3-4-6-19(16)25(14)20(27)12-24-13-22-18-11-23(15(2)26)10-9-17(18)21(24)28/h3-6,13-14H,7-12H2,1-2H3/t14-/m0/s1. The molecule has 1 aromatic heterocycles. The van der Waals surface area contributed by atoms with Gasteiger partial charge in [0.1, 0.15) is 6.54 Å². The van der Waals surface area contributed by atoms with Crippen LogP contribution in [-0.2, 0) is 35.5 Å². The summed E-state index contributed by atoms with van der Waals surface area (Å²) < 4.78 is 1.40. The Morgan fingerprint density at radius 1 is 1.21 bits per heavy atom. The minimum atomic E-state index is -0.181. The van der Waals surface area contributed by atoms with Crippen LogP contribution in [0.3, 0.4) is 0 Å². The first-order valence-electron chi connectivity index (χ1n) is 9.68. The molecule has 3 heterocycles. The lowest BCUT2D eigenvalue weighted by atomic mass is 9.96. The summed E-state index contributed by atoms with van der Waals surface area (Å²) in [7, 11) is 0. The number of hydrogen-bond donors (Lipinski definition) is 0. The molecule has 0 radical (unpaired) electrons. The van der Waals surface area contributed by atoms with Crippen LogP contribution in [0.1, 0.15) is 37.1 Å². The highest BCUT2D eigenvalue weighted by atomic mass is 16.2. The SMILES string of the molecule is CC(=O)N1CCc2c(ncn(CC(=O)N3c4ccccc4CC[C@@H]3C)c2=O)C1. The maximum Gasteiger partial charge on any atom is 0.257 e. The molecular weight excluding hydrogens is 356 g/mol. The molecule has 1 aromatic carbocycles. The van der Waals surface area contributed by atoms with Gasteiger partial charge in [-0.1, -0.05) is 18.2 Å². The van der Waals surface area contributed by atoms with E-state index in [0.717, 1.165) is 24.1 Å². The van der Waals surface area contributed by atoms with Gasteiger partial charge in [0.15, 0.2) is 0 Å². The number of carbonyl (C=O) groups is 2. The summed E-state index contributed by atoms with van der Waals surface area (Å²) in [5.41, 5.74) is 3.16. The van der Waals surface area contributed by atoms with Crippen LogP contribution >= 0.6 is 0 Å². The van der Waals surface area contributed by atoms with E-state index < -0.39 is 0 Å². The molecule has 146 valence electrons. The summed E-state index contributed by atoms with van der Waals surface area (Å²) in [6.45, 7) is 4.38. The molecule has 2 amide bonds.